The normalized spacial score (nSPS) is 16.6. The van der Waals surface area contributed by atoms with Crippen molar-refractivity contribution in [2.24, 2.45) is 5.41 Å². The van der Waals surface area contributed by atoms with E-state index in [0.717, 1.165) is 17.1 Å². The molecule has 2 aromatic heterocycles. The highest BCUT2D eigenvalue weighted by Gasteiger charge is 2.25. The molecule has 0 spiro atoms. The number of thioether (sulfide) groups is 1. The van der Waals surface area contributed by atoms with Gasteiger partial charge in [0.2, 0.25) is 0 Å². The van der Waals surface area contributed by atoms with Gasteiger partial charge in [0.05, 0.1) is 10.5 Å². The van der Waals surface area contributed by atoms with E-state index >= 15 is 0 Å². The Balaban J connectivity index is 2.02. The van der Waals surface area contributed by atoms with E-state index in [4.69, 9.17) is 4.42 Å². The van der Waals surface area contributed by atoms with Crippen LogP contribution in [0.15, 0.2) is 27.8 Å². The third-order valence-electron chi connectivity index (χ3n) is 2.93. The van der Waals surface area contributed by atoms with Crippen molar-refractivity contribution in [1.29, 1.82) is 0 Å². The number of furan rings is 1. The molecule has 6 heteroatoms. The number of aromatic nitrogens is 1. The zero-order valence-corrected chi connectivity index (χ0v) is 13.7. The Morgan fingerprint density at radius 3 is 2.74 bits per heavy atom. The number of carbonyl (C=O) groups is 2. The minimum atomic E-state index is -0.411. The number of fused-ring (bicyclic) bond motifs is 1. The summed E-state index contributed by atoms with van der Waals surface area (Å²) >= 11 is 0.854. The molecule has 1 aliphatic rings. The molecule has 0 bridgehead atoms. The van der Waals surface area contributed by atoms with Crippen molar-refractivity contribution in [3.8, 4) is 11.8 Å². The smallest absolute Gasteiger partial charge is 0.290 e. The third-order valence-corrected chi connectivity index (χ3v) is 3.74. The molecule has 0 atom stereocenters. The Bertz CT molecular complexity index is 907. The number of nitrogens with zero attached hydrogens (tertiary/aromatic N) is 1. The third kappa shape index (κ3) is 3.46. The van der Waals surface area contributed by atoms with Gasteiger partial charge >= 0.3 is 0 Å². The van der Waals surface area contributed by atoms with Gasteiger partial charge in [-0.05, 0) is 38.6 Å². The molecular weight excluding hydrogens is 312 g/mol. The Morgan fingerprint density at radius 1 is 1.30 bits per heavy atom. The van der Waals surface area contributed by atoms with Gasteiger partial charge < -0.3 is 4.42 Å². The van der Waals surface area contributed by atoms with Crippen LogP contribution in [0.25, 0.3) is 17.0 Å². The lowest BCUT2D eigenvalue weighted by molar-refractivity contribution is -0.115. The van der Waals surface area contributed by atoms with Gasteiger partial charge in [-0.1, -0.05) is 11.8 Å². The molecule has 1 aliphatic heterocycles. The predicted octanol–water partition coefficient (Wildman–Crippen LogP) is 3.55. The maximum Gasteiger partial charge on any atom is 0.290 e. The Morgan fingerprint density at radius 2 is 2.09 bits per heavy atom. The van der Waals surface area contributed by atoms with E-state index in [1.165, 1.54) is 0 Å². The first kappa shape index (κ1) is 15.4. The van der Waals surface area contributed by atoms with Crippen molar-refractivity contribution in [1.82, 2.24) is 10.3 Å². The first-order valence-electron chi connectivity index (χ1n) is 6.97. The van der Waals surface area contributed by atoms with Gasteiger partial charge in [-0.15, -0.1) is 0 Å². The number of nitrogens with one attached hydrogen (secondary N) is 1. The average molecular weight is 326 g/mol. The Hall–Kier alpha value is -2.52. The molecule has 2 amide bonds. The van der Waals surface area contributed by atoms with Crippen LogP contribution in [0, 0.1) is 17.3 Å². The molecule has 0 aliphatic carbocycles. The van der Waals surface area contributed by atoms with Crippen LogP contribution in [0.3, 0.4) is 0 Å². The molecule has 1 fully saturated rings. The van der Waals surface area contributed by atoms with Crippen molar-refractivity contribution in [3.05, 3.63) is 34.7 Å². The van der Waals surface area contributed by atoms with Crippen molar-refractivity contribution in [2.75, 3.05) is 0 Å². The van der Waals surface area contributed by atoms with Crippen LogP contribution in [-0.4, -0.2) is 16.1 Å². The second-order valence-corrected chi connectivity index (χ2v) is 7.12. The van der Waals surface area contributed by atoms with Gasteiger partial charge in [-0.3, -0.25) is 19.9 Å². The van der Waals surface area contributed by atoms with E-state index in [9.17, 15) is 9.59 Å². The summed E-state index contributed by atoms with van der Waals surface area (Å²) in [5.41, 5.74) is 1.19. The van der Waals surface area contributed by atoms with Crippen LogP contribution >= 0.6 is 11.8 Å². The van der Waals surface area contributed by atoms with Gasteiger partial charge in [0.25, 0.3) is 11.1 Å². The van der Waals surface area contributed by atoms with Crippen molar-refractivity contribution >= 4 is 40.0 Å². The number of hydrogen-bond acceptors (Lipinski definition) is 5. The average Bonchev–Trinajstić information content (AvgIpc) is 2.99. The molecule has 0 unspecified atom stereocenters. The monoisotopic (exact) mass is 326 g/mol. The molecule has 3 heterocycles. The summed E-state index contributed by atoms with van der Waals surface area (Å²) in [4.78, 5) is 27.3. The molecule has 0 saturated carbocycles. The molecule has 1 saturated heterocycles. The number of carbonyl (C=O) groups excluding carboxylic acids is 2. The summed E-state index contributed by atoms with van der Waals surface area (Å²) < 4.78 is 5.79. The van der Waals surface area contributed by atoms with Gasteiger partial charge in [-0.2, -0.15) is 0 Å². The zero-order chi connectivity index (χ0) is 16.6. The molecule has 23 heavy (non-hydrogen) atoms. The molecule has 0 aromatic carbocycles. The number of imide groups is 1. The van der Waals surface area contributed by atoms with E-state index in [0.29, 0.717) is 21.8 Å². The van der Waals surface area contributed by atoms with E-state index in [1.807, 2.05) is 20.8 Å². The highest BCUT2D eigenvalue weighted by molar-refractivity contribution is 8.18. The maximum absolute atomic E-state index is 11.6. The summed E-state index contributed by atoms with van der Waals surface area (Å²) in [5, 5.41) is 2.63. The van der Waals surface area contributed by atoms with Crippen LogP contribution in [0.2, 0.25) is 0 Å². The maximum atomic E-state index is 11.6. The number of pyridine rings is 1. The van der Waals surface area contributed by atoms with Crippen molar-refractivity contribution < 1.29 is 14.0 Å². The second-order valence-electron chi connectivity index (χ2n) is 6.11. The molecule has 116 valence electrons. The van der Waals surface area contributed by atoms with Crippen molar-refractivity contribution in [2.45, 2.75) is 20.8 Å². The quantitative estimate of drug-likeness (QED) is 0.641. The number of rotatable bonds is 1. The first-order valence-corrected chi connectivity index (χ1v) is 7.79. The fourth-order valence-corrected chi connectivity index (χ4v) is 2.61. The molecule has 2 aromatic rings. The Labute approximate surface area is 137 Å². The van der Waals surface area contributed by atoms with E-state index in [1.54, 1.807) is 24.5 Å². The Kier molecular flexibility index (Phi) is 3.74. The number of amides is 2. The van der Waals surface area contributed by atoms with Gasteiger partial charge in [0.1, 0.15) is 5.76 Å². The summed E-state index contributed by atoms with van der Waals surface area (Å²) in [6, 6.07) is 1.77. The minimum absolute atomic E-state index is 0.126. The SMILES string of the molecule is CC(C)(C)C#Cc1cncc2cc(C=C3SC(=O)NC3=O)oc12. The van der Waals surface area contributed by atoms with E-state index in [-0.39, 0.29) is 10.7 Å². The van der Waals surface area contributed by atoms with Gasteiger partial charge in [0.15, 0.2) is 5.58 Å². The fourth-order valence-electron chi connectivity index (χ4n) is 1.95. The van der Waals surface area contributed by atoms with Crippen LogP contribution in [0.5, 0.6) is 0 Å². The summed E-state index contributed by atoms with van der Waals surface area (Å²) in [6.07, 6.45) is 4.88. The lowest BCUT2D eigenvalue weighted by Crippen LogP contribution is -2.17. The number of hydrogen-bond donors (Lipinski definition) is 1. The second kappa shape index (κ2) is 5.60. The zero-order valence-electron chi connectivity index (χ0n) is 12.9. The van der Waals surface area contributed by atoms with Crippen LogP contribution in [0.4, 0.5) is 4.79 Å². The molecule has 5 nitrogen and oxygen atoms in total. The lowest BCUT2D eigenvalue weighted by Gasteiger charge is -2.06. The lowest BCUT2D eigenvalue weighted by atomic mass is 9.97. The van der Waals surface area contributed by atoms with Crippen molar-refractivity contribution in [3.63, 3.8) is 0 Å². The van der Waals surface area contributed by atoms with Gasteiger partial charge in [0, 0.05) is 29.3 Å². The molecule has 1 N–H and O–H groups in total. The highest BCUT2D eigenvalue weighted by Crippen LogP contribution is 2.29. The molecular formula is C17H14N2O3S. The van der Waals surface area contributed by atoms with E-state index in [2.05, 4.69) is 22.1 Å². The first-order chi connectivity index (χ1) is 10.8. The van der Waals surface area contributed by atoms with Gasteiger partial charge in [-0.25, -0.2) is 0 Å². The summed E-state index contributed by atoms with van der Waals surface area (Å²) in [6.45, 7) is 6.08. The highest BCUT2D eigenvalue weighted by atomic mass is 32.2. The predicted molar refractivity (Wildman–Crippen MR) is 89.4 cm³/mol. The fraction of sp³-hybridized carbons (Fsp3) is 0.235. The standard InChI is InChI=1S/C17H14N2O3S/c1-17(2,3)5-4-10-8-18-9-11-6-12(22-14(10)11)7-13-15(20)19-16(21)23-13/h6-9H,1-3H3,(H,19,20,21). The van der Waals surface area contributed by atoms with Crippen LogP contribution in [0.1, 0.15) is 32.1 Å². The topological polar surface area (TPSA) is 72.2 Å². The molecule has 3 rings (SSSR count). The minimum Gasteiger partial charge on any atom is -0.455 e. The van der Waals surface area contributed by atoms with Crippen LogP contribution in [-0.2, 0) is 4.79 Å². The van der Waals surface area contributed by atoms with Crippen LogP contribution < -0.4 is 5.32 Å². The summed E-state index contributed by atoms with van der Waals surface area (Å²) in [5.74, 6) is 6.31. The largest absolute Gasteiger partial charge is 0.455 e. The molecule has 0 radical (unpaired) electrons. The summed E-state index contributed by atoms with van der Waals surface area (Å²) in [7, 11) is 0. The van der Waals surface area contributed by atoms with E-state index < -0.39 is 5.91 Å².